The zero-order valence-electron chi connectivity index (χ0n) is 22.4. The summed E-state index contributed by atoms with van der Waals surface area (Å²) < 4.78 is 38.2. The van der Waals surface area contributed by atoms with Gasteiger partial charge in [-0.15, -0.1) is 0 Å². The number of anilines is 1. The van der Waals surface area contributed by atoms with Gasteiger partial charge < -0.3 is 19.7 Å². The molecule has 1 aliphatic heterocycles. The molecule has 0 spiro atoms. The smallest absolute Gasteiger partial charge is 0.244 e. The molecule has 0 radical (unpaired) electrons. The van der Waals surface area contributed by atoms with Gasteiger partial charge in [0.15, 0.2) is 11.5 Å². The van der Waals surface area contributed by atoms with Crippen molar-refractivity contribution in [1.29, 1.82) is 0 Å². The zero-order valence-corrected chi connectivity index (χ0v) is 24.0. The molecule has 11 heteroatoms. The Bertz CT molecular complexity index is 1260. The van der Waals surface area contributed by atoms with E-state index in [0.29, 0.717) is 28.6 Å². The second kappa shape index (κ2) is 12.9. The number of nitrogens with zero attached hydrogens (tertiary/aromatic N) is 2. The predicted octanol–water partition coefficient (Wildman–Crippen LogP) is 4.48. The first kappa shape index (κ1) is 29.0. The maximum Gasteiger partial charge on any atom is 0.244 e. The van der Waals surface area contributed by atoms with E-state index in [2.05, 4.69) is 5.32 Å². The summed E-state index contributed by atoms with van der Waals surface area (Å²) in [4.78, 5) is 28.9. The third kappa shape index (κ3) is 7.16. The average Bonchev–Trinajstić information content (AvgIpc) is 3.41. The second-order valence-electron chi connectivity index (χ2n) is 9.86. The highest BCUT2D eigenvalue weighted by molar-refractivity contribution is 7.92. The van der Waals surface area contributed by atoms with Gasteiger partial charge in [0.25, 0.3) is 0 Å². The Kier molecular flexibility index (Phi) is 9.61. The van der Waals surface area contributed by atoms with Crippen LogP contribution in [0.3, 0.4) is 0 Å². The van der Waals surface area contributed by atoms with Crippen LogP contribution in [0.1, 0.15) is 57.9 Å². The summed E-state index contributed by atoms with van der Waals surface area (Å²) in [6.07, 6.45) is 5.50. The molecule has 2 aromatic carbocycles. The standard InChI is InChI=1S/C28H36ClN3O6S/c1-3-24(28(34)30-22-8-6-5-7-9-22)31(17-20-10-12-21(29)13-11-20)27(33)18-32(39(35,36)4-2)23-14-15-25-26(16-23)38-19-37-25/h10-16,22,24H,3-9,17-19H2,1-2H3,(H,30,34). The van der Waals surface area contributed by atoms with Crippen LogP contribution in [-0.4, -0.2) is 56.3 Å². The van der Waals surface area contributed by atoms with Crippen LogP contribution in [0, 0.1) is 0 Å². The minimum Gasteiger partial charge on any atom is -0.454 e. The van der Waals surface area contributed by atoms with E-state index in [1.807, 2.05) is 6.92 Å². The molecule has 4 rings (SSSR count). The summed E-state index contributed by atoms with van der Waals surface area (Å²) in [6.45, 7) is 3.09. The number of benzene rings is 2. The number of nitrogens with one attached hydrogen (secondary N) is 1. The summed E-state index contributed by atoms with van der Waals surface area (Å²) >= 11 is 6.07. The van der Waals surface area contributed by atoms with Gasteiger partial charge in [0.05, 0.1) is 11.4 Å². The summed E-state index contributed by atoms with van der Waals surface area (Å²) in [5, 5.41) is 3.70. The summed E-state index contributed by atoms with van der Waals surface area (Å²) in [5.74, 6) is 0.0110. The molecule has 39 heavy (non-hydrogen) atoms. The average molecular weight is 578 g/mol. The van der Waals surface area contributed by atoms with Crippen molar-refractivity contribution in [2.75, 3.05) is 23.4 Å². The number of ether oxygens (including phenoxy) is 2. The van der Waals surface area contributed by atoms with E-state index >= 15 is 0 Å². The summed E-state index contributed by atoms with van der Waals surface area (Å²) in [6, 6.07) is 11.1. The minimum absolute atomic E-state index is 0.0431. The number of amides is 2. The predicted molar refractivity (Wildman–Crippen MR) is 150 cm³/mol. The lowest BCUT2D eigenvalue weighted by molar-refractivity contribution is -0.140. The van der Waals surface area contributed by atoms with E-state index in [9.17, 15) is 18.0 Å². The molecule has 1 aliphatic carbocycles. The van der Waals surface area contributed by atoms with Gasteiger partial charge in [0, 0.05) is 23.7 Å². The SMILES string of the molecule is CCC(C(=O)NC1CCCCC1)N(Cc1ccc(Cl)cc1)C(=O)CN(c1ccc2c(c1)OCO2)S(=O)(=O)CC. The molecule has 9 nitrogen and oxygen atoms in total. The van der Waals surface area contributed by atoms with Gasteiger partial charge in [-0.2, -0.15) is 0 Å². The molecule has 1 unspecified atom stereocenters. The van der Waals surface area contributed by atoms with Crippen molar-refractivity contribution in [2.45, 2.75) is 71.0 Å². The highest BCUT2D eigenvalue weighted by atomic mass is 35.5. The van der Waals surface area contributed by atoms with Gasteiger partial charge in [-0.05, 0) is 56.0 Å². The van der Waals surface area contributed by atoms with Gasteiger partial charge in [-0.1, -0.05) is 49.9 Å². The van der Waals surface area contributed by atoms with Crippen molar-refractivity contribution >= 4 is 39.1 Å². The van der Waals surface area contributed by atoms with Crippen molar-refractivity contribution in [3.63, 3.8) is 0 Å². The Morgan fingerprint density at radius 3 is 2.38 bits per heavy atom. The second-order valence-corrected chi connectivity index (χ2v) is 12.5. The minimum atomic E-state index is -3.84. The summed E-state index contributed by atoms with van der Waals surface area (Å²) in [5.41, 5.74) is 1.07. The molecule has 1 atom stereocenters. The van der Waals surface area contributed by atoms with Crippen molar-refractivity contribution < 1.29 is 27.5 Å². The fourth-order valence-corrected chi connectivity index (χ4v) is 6.19. The molecule has 1 heterocycles. The van der Waals surface area contributed by atoms with E-state index in [1.54, 1.807) is 42.5 Å². The van der Waals surface area contributed by atoms with Gasteiger partial charge in [0.1, 0.15) is 12.6 Å². The number of hydrogen-bond donors (Lipinski definition) is 1. The highest BCUT2D eigenvalue weighted by Gasteiger charge is 2.34. The van der Waals surface area contributed by atoms with Crippen LogP contribution < -0.4 is 19.1 Å². The van der Waals surface area contributed by atoms with Crippen molar-refractivity contribution in [2.24, 2.45) is 0 Å². The largest absolute Gasteiger partial charge is 0.454 e. The Morgan fingerprint density at radius 2 is 1.72 bits per heavy atom. The molecule has 0 saturated heterocycles. The fraction of sp³-hybridized carbons (Fsp3) is 0.500. The fourth-order valence-electron chi connectivity index (χ4n) is 5.01. The molecule has 1 fully saturated rings. The monoisotopic (exact) mass is 577 g/mol. The molecule has 1 saturated carbocycles. The molecule has 2 aromatic rings. The van der Waals surface area contributed by atoms with Crippen LogP contribution in [0.4, 0.5) is 5.69 Å². The van der Waals surface area contributed by atoms with Crippen molar-refractivity contribution in [1.82, 2.24) is 10.2 Å². The number of sulfonamides is 1. The van der Waals surface area contributed by atoms with Crippen LogP contribution in [0.5, 0.6) is 11.5 Å². The van der Waals surface area contributed by atoms with Crippen LogP contribution in [0.15, 0.2) is 42.5 Å². The van der Waals surface area contributed by atoms with Gasteiger partial charge in [0.2, 0.25) is 28.6 Å². The maximum absolute atomic E-state index is 13.9. The Morgan fingerprint density at radius 1 is 1.03 bits per heavy atom. The van der Waals surface area contributed by atoms with E-state index < -0.39 is 28.5 Å². The first-order valence-corrected chi connectivity index (χ1v) is 15.4. The van der Waals surface area contributed by atoms with Gasteiger partial charge in [-0.25, -0.2) is 8.42 Å². The maximum atomic E-state index is 13.9. The Labute approximate surface area is 235 Å². The van der Waals surface area contributed by atoms with Gasteiger partial charge in [-0.3, -0.25) is 13.9 Å². The van der Waals surface area contributed by atoms with E-state index in [4.69, 9.17) is 21.1 Å². The van der Waals surface area contributed by atoms with Crippen LogP contribution >= 0.6 is 11.6 Å². The molecule has 0 aromatic heterocycles. The number of fused-ring (bicyclic) bond motifs is 1. The number of carbonyl (C=O) groups excluding carboxylic acids is 2. The van der Waals surface area contributed by atoms with Crippen molar-refractivity contribution in [3.8, 4) is 11.5 Å². The topological polar surface area (TPSA) is 105 Å². The zero-order chi connectivity index (χ0) is 28.0. The molecule has 1 N–H and O–H groups in total. The lowest BCUT2D eigenvalue weighted by Gasteiger charge is -2.34. The summed E-state index contributed by atoms with van der Waals surface area (Å²) in [7, 11) is -3.84. The van der Waals surface area contributed by atoms with E-state index in [-0.39, 0.29) is 31.0 Å². The number of rotatable bonds is 11. The molecular formula is C28H36ClN3O6S. The number of halogens is 1. The molecular weight excluding hydrogens is 542 g/mol. The van der Waals surface area contributed by atoms with Gasteiger partial charge >= 0.3 is 0 Å². The third-order valence-corrected chi connectivity index (χ3v) is 9.22. The lowest BCUT2D eigenvalue weighted by atomic mass is 9.95. The molecule has 0 bridgehead atoms. The molecule has 2 aliphatic rings. The third-order valence-electron chi connectivity index (χ3n) is 7.23. The quantitative estimate of drug-likeness (QED) is 0.422. The molecule has 2 amide bonds. The Hall–Kier alpha value is -2.98. The van der Waals surface area contributed by atoms with Crippen LogP contribution in [-0.2, 0) is 26.2 Å². The Balaban J connectivity index is 1.63. The van der Waals surface area contributed by atoms with Crippen LogP contribution in [0.25, 0.3) is 0 Å². The molecule has 212 valence electrons. The lowest BCUT2D eigenvalue weighted by Crippen LogP contribution is -2.54. The highest BCUT2D eigenvalue weighted by Crippen LogP contribution is 2.36. The normalized spacial score (nSPS) is 16.0. The first-order valence-electron chi connectivity index (χ1n) is 13.5. The van der Waals surface area contributed by atoms with E-state index in [1.165, 1.54) is 11.8 Å². The van der Waals surface area contributed by atoms with Crippen LogP contribution in [0.2, 0.25) is 5.02 Å². The first-order chi connectivity index (χ1) is 18.7. The number of carbonyl (C=O) groups is 2. The van der Waals surface area contributed by atoms with E-state index in [0.717, 1.165) is 42.0 Å². The number of hydrogen-bond acceptors (Lipinski definition) is 6. The van der Waals surface area contributed by atoms with Crippen molar-refractivity contribution in [3.05, 3.63) is 53.1 Å².